The Hall–Kier alpha value is -5.34. The molecule has 6 rings (SSSR count). The molecule has 274 valence electrons. The molecular weight excluding hydrogens is 653 g/mol. The highest BCUT2D eigenvalue weighted by Crippen LogP contribution is 2.41. The third-order valence-corrected chi connectivity index (χ3v) is 10.4. The maximum Gasteiger partial charge on any atom is 0.0865 e. The number of benzene rings is 6. The van der Waals surface area contributed by atoms with E-state index in [1.807, 2.05) is 6.20 Å². The molecule has 0 unspecified atom stereocenters. The molecule has 2 nitrogen and oxygen atoms in total. The molecule has 0 saturated carbocycles. The van der Waals surface area contributed by atoms with E-state index in [4.69, 9.17) is 5.11 Å². The smallest absolute Gasteiger partial charge is 0.0865 e. The molecule has 0 aliphatic carbocycles. The number of hydrogen-bond acceptors (Lipinski definition) is 2. The summed E-state index contributed by atoms with van der Waals surface area (Å²) in [5.74, 6) is 0. The Labute approximate surface area is 324 Å². The molecule has 0 aromatic heterocycles. The lowest BCUT2D eigenvalue weighted by molar-refractivity contribution is 0.605. The molecule has 0 N–H and O–H groups in total. The number of nitrogens with zero attached hydrogens (tertiary/aromatic N) is 2. The Morgan fingerprint density at radius 1 is 0.444 bits per heavy atom. The van der Waals surface area contributed by atoms with Gasteiger partial charge in [-0.2, -0.15) is 10.2 Å². The number of aryl methyl sites for hydroxylation is 1. The van der Waals surface area contributed by atoms with Crippen LogP contribution in [0.2, 0.25) is 0 Å². The van der Waals surface area contributed by atoms with Crippen LogP contribution in [0.15, 0.2) is 162 Å². The van der Waals surface area contributed by atoms with Crippen LogP contribution in [0.5, 0.6) is 0 Å². The van der Waals surface area contributed by atoms with Gasteiger partial charge in [0.2, 0.25) is 0 Å². The summed E-state index contributed by atoms with van der Waals surface area (Å²) < 4.78 is 0. The minimum Gasteiger partial charge on any atom is -0.159 e. The second-order valence-corrected chi connectivity index (χ2v) is 14.4. The molecule has 0 spiro atoms. The zero-order valence-corrected chi connectivity index (χ0v) is 32.4. The summed E-state index contributed by atoms with van der Waals surface area (Å²) in [7, 11) is 0. The summed E-state index contributed by atoms with van der Waals surface area (Å²) >= 11 is 0. The van der Waals surface area contributed by atoms with Crippen LogP contribution >= 0.6 is 0 Å². The maximum absolute atomic E-state index is 4.85. The van der Waals surface area contributed by atoms with Gasteiger partial charge in [-0.25, -0.2) is 0 Å². The molecule has 6 aromatic rings. The lowest BCUT2D eigenvalue weighted by Crippen LogP contribution is -1.99. The van der Waals surface area contributed by atoms with Gasteiger partial charge in [0.05, 0.1) is 11.9 Å². The van der Waals surface area contributed by atoms with Crippen molar-refractivity contribution < 1.29 is 0 Å². The molecule has 0 heterocycles. The average molecular weight is 709 g/mol. The average Bonchev–Trinajstić information content (AvgIpc) is 3.23. The Bertz CT molecular complexity index is 2000. The molecule has 0 aliphatic heterocycles. The van der Waals surface area contributed by atoms with Gasteiger partial charge in [0.25, 0.3) is 0 Å². The van der Waals surface area contributed by atoms with Gasteiger partial charge in [0.15, 0.2) is 0 Å². The fraction of sp³-hybridized carbons (Fsp3) is 0.269. The summed E-state index contributed by atoms with van der Waals surface area (Å²) in [4.78, 5) is 0. The number of rotatable bonds is 19. The fourth-order valence-corrected chi connectivity index (χ4v) is 7.58. The first kappa shape index (κ1) is 38.4. The number of azo groups is 1. The van der Waals surface area contributed by atoms with Crippen molar-refractivity contribution >= 4 is 11.8 Å². The summed E-state index contributed by atoms with van der Waals surface area (Å²) in [6.45, 7) is 4.58. The van der Waals surface area contributed by atoms with Crippen LogP contribution in [-0.4, -0.2) is 0 Å². The summed E-state index contributed by atoms with van der Waals surface area (Å²) in [5, 5.41) is 9.53. The monoisotopic (exact) mass is 708 g/mol. The van der Waals surface area contributed by atoms with Crippen LogP contribution in [0.3, 0.4) is 0 Å². The second kappa shape index (κ2) is 20.8. The molecule has 0 atom stereocenters. The fourth-order valence-electron chi connectivity index (χ4n) is 7.58. The summed E-state index contributed by atoms with van der Waals surface area (Å²) in [6, 6.07) is 52.2. The SMILES string of the molecule is CCCCCCCCc1c(CCCCCC)cc(N=NC=Cc2cc(-c3ccccc3)c(-c3ccccc3)c(-c3ccccc3)c2)cc1-c1ccccc1. The van der Waals surface area contributed by atoms with Gasteiger partial charge >= 0.3 is 0 Å². The molecule has 0 amide bonds. The van der Waals surface area contributed by atoms with Gasteiger partial charge in [-0.3, -0.25) is 0 Å². The van der Waals surface area contributed by atoms with Crippen molar-refractivity contribution in [1.82, 2.24) is 0 Å². The van der Waals surface area contributed by atoms with E-state index in [0.29, 0.717) is 0 Å². The normalized spacial score (nSPS) is 11.5. The highest BCUT2D eigenvalue weighted by atomic mass is 15.1. The van der Waals surface area contributed by atoms with Crippen molar-refractivity contribution in [3.63, 3.8) is 0 Å². The molecule has 0 aliphatic rings. The lowest BCUT2D eigenvalue weighted by atomic mass is 9.86. The first-order valence-electron chi connectivity index (χ1n) is 20.4. The van der Waals surface area contributed by atoms with Crippen molar-refractivity contribution in [3.05, 3.63) is 168 Å². The van der Waals surface area contributed by atoms with Crippen molar-refractivity contribution in [1.29, 1.82) is 0 Å². The zero-order chi connectivity index (χ0) is 37.2. The molecule has 0 saturated heterocycles. The quantitative estimate of drug-likeness (QED) is 0.0591. The Morgan fingerprint density at radius 3 is 1.46 bits per heavy atom. The summed E-state index contributed by atoms with van der Waals surface area (Å²) in [6.07, 6.45) is 19.0. The van der Waals surface area contributed by atoms with Crippen molar-refractivity contribution in [2.75, 3.05) is 0 Å². The zero-order valence-electron chi connectivity index (χ0n) is 32.4. The topological polar surface area (TPSA) is 24.7 Å². The van der Waals surface area contributed by atoms with Gasteiger partial charge in [-0.15, -0.1) is 0 Å². The minimum atomic E-state index is 0.921. The molecule has 54 heavy (non-hydrogen) atoms. The molecule has 0 fully saturated rings. The van der Waals surface area contributed by atoms with Gasteiger partial charge in [0, 0.05) is 0 Å². The minimum absolute atomic E-state index is 0.921. The Balaban J connectivity index is 1.36. The largest absolute Gasteiger partial charge is 0.159 e. The lowest BCUT2D eigenvalue weighted by Gasteiger charge is -2.18. The van der Waals surface area contributed by atoms with Crippen LogP contribution in [-0.2, 0) is 12.8 Å². The summed E-state index contributed by atoms with van der Waals surface area (Å²) in [5.41, 5.74) is 14.7. The van der Waals surface area contributed by atoms with E-state index in [1.54, 1.807) is 0 Å². The Kier molecular flexibility index (Phi) is 14.8. The van der Waals surface area contributed by atoms with E-state index < -0.39 is 0 Å². The third kappa shape index (κ3) is 10.6. The predicted molar refractivity (Wildman–Crippen MR) is 233 cm³/mol. The van der Waals surface area contributed by atoms with Gasteiger partial charge in [0.1, 0.15) is 0 Å². The van der Waals surface area contributed by atoms with Crippen LogP contribution in [0, 0.1) is 0 Å². The molecule has 6 aromatic carbocycles. The molecule has 2 heteroatoms. The predicted octanol–water partition coefficient (Wildman–Crippen LogP) is 16.1. The van der Waals surface area contributed by atoms with Crippen LogP contribution in [0.25, 0.3) is 50.6 Å². The first-order valence-corrected chi connectivity index (χ1v) is 20.4. The Morgan fingerprint density at radius 2 is 0.907 bits per heavy atom. The highest BCUT2D eigenvalue weighted by molar-refractivity contribution is 5.96. The first-order chi connectivity index (χ1) is 26.7. The third-order valence-electron chi connectivity index (χ3n) is 10.4. The standard InChI is InChI=1S/C52H56N2/c1-3-5-7-9-10-24-34-48-46(33-15-8-6-4-2)39-47(40-49(48)42-25-16-11-17-26-42)54-53-36-35-41-37-50(43-27-18-12-19-28-43)52(45-31-22-14-23-32-45)51(38-41)44-29-20-13-21-30-44/h11-14,16-23,25-32,35-40H,3-10,15,24,33-34H2,1-2H3. The van der Waals surface area contributed by atoms with Gasteiger partial charge in [-0.05, 0) is 117 Å². The molecule has 0 radical (unpaired) electrons. The van der Waals surface area contributed by atoms with Crippen LogP contribution in [0.1, 0.15) is 94.7 Å². The molecular formula is C52H56N2. The van der Waals surface area contributed by atoms with E-state index in [0.717, 1.165) is 24.1 Å². The number of hydrogen-bond donors (Lipinski definition) is 0. The van der Waals surface area contributed by atoms with E-state index in [1.165, 1.54) is 120 Å². The van der Waals surface area contributed by atoms with Crippen LogP contribution in [0.4, 0.5) is 5.69 Å². The maximum atomic E-state index is 4.85. The number of unbranched alkanes of at least 4 members (excludes halogenated alkanes) is 8. The van der Waals surface area contributed by atoms with E-state index in [2.05, 4.69) is 171 Å². The van der Waals surface area contributed by atoms with Crippen molar-refractivity contribution in [2.45, 2.75) is 90.9 Å². The van der Waals surface area contributed by atoms with E-state index in [9.17, 15) is 0 Å². The van der Waals surface area contributed by atoms with Gasteiger partial charge < -0.3 is 0 Å². The van der Waals surface area contributed by atoms with E-state index in [-0.39, 0.29) is 0 Å². The van der Waals surface area contributed by atoms with E-state index >= 15 is 0 Å². The second-order valence-electron chi connectivity index (χ2n) is 14.4. The van der Waals surface area contributed by atoms with Crippen molar-refractivity contribution in [3.8, 4) is 44.5 Å². The van der Waals surface area contributed by atoms with Gasteiger partial charge in [-0.1, -0.05) is 187 Å². The van der Waals surface area contributed by atoms with Crippen molar-refractivity contribution in [2.24, 2.45) is 10.2 Å². The molecule has 0 bridgehead atoms. The van der Waals surface area contributed by atoms with Crippen LogP contribution < -0.4 is 0 Å². The highest BCUT2D eigenvalue weighted by Gasteiger charge is 2.16.